The van der Waals surface area contributed by atoms with Crippen molar-refractivity contribution in [3.8, 4) is 5.75 Å². The van der Waals surface area contributed by atoms with Crippen molar-refractivity contribution in [1.82, 2.24) is 4.90 Å². The maximum Gasteiger partial charge on any atom is 0.327 e. The molecule has 2 aliphatic heterocycles. The lowest BCUT2D eigenvalue weighted by Gasteiger charge is -2.45. The Kier molecular flexibility index (Phi) is 5.05. The minimum absolute atomic E-state index is 0.263. The Morgan fingerprint density at radius 3 is 2.48 bits per heavy atom. The number of allylic oxidation sites excluding steroid dienone is 1. The minimum Gasteiger partial charge on any atom is -0.480 e. The van der Waals surface area contributed by atoms with E-state index in [9.17, 15) is 24.6 Å². The van der Waals surface area contributed by atoms with Gasteiger partial charge in [-0.15, -0.1) is 11.8 Å². The number of benzene rings is 1. The summed E-state index contributed by atoms with van der Waals surface area (Å²) in [6, 6.07) is 5.28. The van der Waals surface area contributed by atoms with Crippen LogP contribution in [0.15, 0.2) is 36.6 Å². The van der Waals surface area contributed by atoms with Crippen molar-refractivity contribution < 1.29 is 29.3 Å². The van der Waals surface area contributed by atoms with Gasteiger partial charge in [0, 0.05) is 10.3 Å². The first-order chi connectivity index (χ1) is 12.7. The van der Waals surface area contributed by atoms with Gasteiger partial charge in [0.05, 0.1) is 11.6 Å². The average molecular weight is 391 g/mol. The van der Waals surface area contributed by atoms with E-state index in [2.05, 4.69) is 0 Å². The molecule has 0 unspecified atom stereocenters. The molecule has 144 valence electrons. The van der Waals surface area contributed by atoms with Crippen LogP contribution >= 0.6 is 11.8 Å². The minimum atomic E-state index is -1.52. The van der Waals surface area contributed by atoms with Crippen LogP contribution < -0.4 is 4.74 Å². The molecule has 2 saturated heterocycles. The van der Waals surface area contributed by atoms with E-state index in [-0.39, 0.29) is 5.56 Å². The molecule has 0 aliphatic carbocycles. The number of carboxylic acids is 1. The van der Waals surface area contributed by atoms with Gasteiger partial charge in [-0.1, -0.05) is 6.08 Å². The number of β-lactam (4-membered cyclic amide) rings is 1. The molecule has 0 radical (unpaired) electrons. The highest BCUT2D eigenvalue weighted by Gasteiger charge is 2.65. The number of ketones is 1. The topological polar surface area (TPSA) is 104 Å². The highest BCUT2D eigenvalue weighted by molar-refractivity contribution is 8.01. The average Bonchev–Trinajstić information content (AvgIpc) is 2.87. The third-order valence-corrected chi connectivity index (χ3v) is 6.40. The third-order valence-electron chi connectivity index (χ3n) is 4.80. The summed E-state index contributed by atoms with van der Waals surface area (Å²) in [5.41, 5.74) is 0.263. The summed E-state index contributed by atoms with van der Waals surface area (Å²) in [7, 11) is 0. The molecule has 4 atom stereocenters. The molecule has 2 heterocycles. The Balaban J connectivity index is 1.75. The van der Waals surface area contributed by atoms with E-state index in [0.29, 0.717) is 5.75 Å². The lowest BCUT2D eigenvalue weighted by Crippen LogP contribution is -2.66. The second-order valence-corrected chi connectivity index (χ2v) is 8.82. The van der Waals surface area contributed by atoms with Crippen LogP contribution in [0.5, 0.6) is 5.75 Å². The van der Waals surface area contributed by atoms with Gasteiger partial charge in [-0.05, 0) is 45.0 Å². The Labute approximate surface area is 161 Å². The number of carbonyl (C=O) groups excluding carboxylic acids is 2. The summed E-state index contributed by atoms with van der Waals surface area (Å²) in [6.45, 7) is 5.30. The molecule has 27 heavy (non-hydrogen) atoms. The van der Waals surface area contributed by atoms with E-state index in [4.69, 9.17) is 4.74 Å². The number of hydrogen-bond donors (Lipinski definition) is 2. The quantitative estimate of drug-likeness (QED) is 0.434. The van der Waals surface area contributed by atoms with Gasteiger partial charge in [-0.25, -0.2) is 4.79 Å². The number of aliphatic hydroxyl groups is 1. The zero-order valence-electron chi connectivity index (χ0n) is 15.2. The van der Waals surface area contributed by atoms with Crippen LogP contribution in [0.4, 0.5) is 0 Å². The van der Waals surface area contributed by atoms with Gasteiger partial charge in [0.15, 0.2) is 5.78 Å². The molecule has 1 amide bonds. The van der Waals surface area contributed by atoms with Crippen molar-refractivity contribution in [3.63, 3.8) is 0 Å². The number of aliphatic carboxylic acids is 1. The molecule has 0 spiro atoms. The predicted octanol–water partition coefficient (Wildman–Crippen LogP) is 1.91. The van der Waals surface area contributed by atoms with E-state index in [1.54, 1.807) is 32.1 Å². The molecular formula is C19H21NO6S. The molecule has 3 rings (SSSR count). The maximum atomic E-state index is 12.6. The lowest BCUT2D eigenvalue weighted by atomic mass is 9.85. The second-order valence-electron chi connectivity index (χ2n) is 7.04. The SMILES string of the molecule is C/C=C\Oc1ccc(C(=O)[C@@H](O)[C@@H]2C(=O)N3[C@@H]2SC(C)(C)[C@@H]3C(=O)O)cc1. The number of nitrogens with zero attached hydrogens (tertiary/aromatic N) is 1. The van der Waals surface area contributed by atoms with E-state index in [1.807, 2.05) is 6.92 Å². The van der Waals surface area contributed by atoms with Gasteiger partial charge >= 0.3 is 5.97 Å². The zero-order chi connectivity index (χ0) is 19.9. The van der Waals surface area contributed by atoms with Crippen LogP contribution in [0.25, 0.3) is 0 Å². The van der Waals surface area contributed by atoms with Crippen LogP contribution in [-0.2, 0) is 9.59 Å². The lowest BCUT2D eigenvalue weighted by molar-refractivity contribution is -0.167. The standard InChI is InChI=1S/C19H21NO6S/c1-4-9-26-11-7-5-10(6-8-11)13(21)14(22)12-16(23)20-15(18(24)25)19(2,3)27-17(12)20/h4-9,12,14-15,17,22H,1-3H3,(H,24,25)/b9-4-/t12-,14+,15+,17-/m1/s1. The Morgan fingerprint density at radius 1 is 1.30 bits per heavy atom. The summed E-state index contributed by atoms with van der Waals surface area (Å²) < 4.78 is 4.59. The molecule has 0 aromatic heterocycles. The fraction of sp³-hybridized carbons (Fsp3) is 0.421. The number of thioether (sulfide) groups is 1. The van der Waals surface area contributed by atoms with E-state index in [1.165, 1.54) is 35.1 Å². The van der Waals surface area contributed by atoms with Gasteiger partial charge in [0.1, 0.15) is 23.8 Å². The van der Waals surface area contributed by atoms with E-state index >= 15 is 0 Å². The first kappa shape index (κ1) is 19.4. The van der Waals surface area contributed by atoms with E-state index < -0.39 is 45.8 Å². The number of carbonyl (C=O) groups is 3. The number of Topliss-reactive ketones (excluding diaryl/α,β-unsaturated/α-hetero) is 1. The fourth-order valence-corrected chi connectivity index (χ4v) is 5.23. The second kappa shape index (κ2) is 7.01. The normalized spacial score (nSPS) is 27.2. The van der Waals surface area contributed by atoms with Crippen LogP contribution in [0.2, 0.25) is 0 Å². The fourth-order valence-electron chi connectivity index (χ4n) is 3.51. The molecule has 2 N–H and O–H groups in total. The number of amides is 1. The van der Waals surface area contributed by atoms with Crippen LogP contribution in [-0.4, -0.2) is 55.0 Å². The number of ether oxygens (including phenoxy) is 1. The van der Waals surface area contributed by atoms with Gasteiger partial charge in [-0.2, -0.15) is 0 Å². The highest BCUT2D eigenvalue weighted by atomic mass is 32.2. The first-order valence-electron chi connectivity index (χ1n) is 8.52. The van der Waals surface area contributed by atoms with Gasteiger partial charge in [-0.3, -0.25) is 9.59 Å². The summed E-state index contributed by atoms with van der Waals surface area (Å²) in [5.74, 6) is -2.55. The zero-order valence-corrected chi connectivity index (χ0v) is 16.0. The monoisotopic (exact) mass is 391 g/mol. The Bertz CT molecular complexity index is 803. The maximum absolute atomic E-state index is 12.6. The van der Waals surface area contributed by atoms with Gasteiger partial charge in [0.25, 0.3) is 0 Å². The molecular weight excluding hydrogens is 370 g/mol. The molecule has 8 heteroatoms. The largest absolute Gasteiger partial charge is 0.480 e. The number of hydrogen-bond acceptors (Lipinski definition) is 6. The van der Waals surface area contributed by atoms with Crippen molar-refractivity contribution in [2.45, 2.75) is 43.0 Å². The van der Waals surface area contributed by atoms with Crippen molar-refractivity contribution in [1.29, 1.82) is 0 Å². The molecule has 1 aromatic carbocycles. The third kappa shape index (κ3) is 3.23. The van der Waals surface area contributed by atoms with Crippen molar-refractivity contribution in [3.05, 3.63) is 42.2 Å². The molecule has 1 aromatic rings. The van der Waals surface area contributed by atoms with Crippen molar-refractivity contribution >= 4 is 29.4 Å². The molecule has 7 nitrogen and oxygen atoms in total. The van der Waals surface area contributed by atoms with Crippen molar-refractivity contribution in [2.75, 3.05) is 0 Å². The first-order valence-corrected chi connectivity index (χ1v) is 9.40. The van der Waals surface area contributed by atoms with Gasteiger partial charge < -0.3 is 19.8 Å². The smallest absolute Gasteiger partial charge is 0.327 e. The highest BCUT2D eigenvalue weighted by Crippen LogP contribution is 2.54. The molecule has 2 fully saturated rings. The van der Waals surface area contributed by atoms with Crippen LogP contribution in [0, 0.1) is 5.92 Å². The summed E-state index contributed by atoms with van der Waals surface area (Å²) in [5, 5.41) is 19.4. The van der Waals surface area contributed by atoms with Crippen LogP contribution in [0.3, 0.4) is 0 Å². The predicted molar refractivity (Wildman–Crippen MR) is 99.4 cm³/mol. The number of carboxylic acid groups (broad SMARTS) is 1. The van der Waals surface area contributed by atoms with E-state index in [0.717, 1.165) is 0 Å². The van der Waals surface area contributed by atoms with Crippen molar-refractivity contribution in [2.24, 2.45) is 5.92 Å². The Hall–Kier alpha value is -2.32. The molecule has 0 bridgehead atoms. The molecule has 0 saturated carbocycles. The number of aliphatic hydroxyl groups excluding tert-OH is 1. The summed E-state index contributed by atoms with van der Waals surface area (Å²) in [4.78, 5) is 37.9. The number of fused-ring (bicyclic) bond motifs is 1. The Morgan fingerprint density at radius 2 is 1.93 bits per heavy atom. The summed E-state index contributed by atoms with van der Waals surface area (Å²) in [6.07, 6.45) is 1.71. The summed E-state index contributed by atoms with van der Waals surface area (Å²) >= 11 is 1.30. The molecule has 2 aliphatic rings. The number of rotatable bonds is 6. The van der Waals surface area contributed by atoms with Gasteiger partial charge in [0.2, 0.25) is 5.91 Å². The van der Waals surface area contributed by atoms with Crippen LogP contribution in [0.1, 0.15) is 31.1 Å².